The summed E-state index contributed by atoms with van der Waals surface area (Å²) in [6.45, 7) is 8.26. The smallest absolute Gasteiger partial charge is 0.306 e. The molecule has 206 valence electrons. The zero-order chi connectivity index (χ0) is 26.8. The lowest BCUT2D eigenvalue weighted by molar-refractivity contribution is -0.143. The molecule has 0 saturated carbocycles. The summed E-state index contributed by atoms with van der Waals surface area (Å²) in [7, 11) is 0. The molecule has 37 heavy (non-hydrogen) atoms. The highest BCUT2D eigenvalue weighted by Crippen LogP contribution is 2.32. The number of esters is 1. The van der Waals surface area contributed by atoms with E-state index in [0.717, 1.165) is 49.8 Å². The molecule has 5 atom stereocenters. The number of benzene rings is 1. The summed E-state index contributed by atoms with van der Waals surface area (Å²) in [5.74, 6) is 0.167. The van der Waals surface area contributed by atoms with E-state index in [-0.39, 0.29) is 30.5 Å². The Hall–Kier alpha value is -1.37. The highest BCUT2D eigenvalue weighted by molar-refractivity contribution is 6.31. The Labute approximate surface area is 232 Å². The molecule has 7 heteroatoms. The van der Waals surface area contributed by atoms with Gasteiger partial charge >= 0.3 is 5.97 Å². The number of hydrogen-bond acceptors (Lipinski definition) is 5. The number of aliphatic hydroxyl groups is 1. The molecule has 1 N–H and O–H groups in total. The van der Waals surface area contributed by atoms with Gasteiger partial charge in [0.25, 0.3) is 0 Å². The third kappa shape index (κ3) is 8.83. The normalized spacial score (nSPS) is 23.6. The van der Waals surface area contributed by atoms with Crippen LogP contribution in [0.1, 0.15) is 76.5 Å². The van der Waals surface area contributed by atoms with Crippen LogP contribution >= 0.6 is 23.2 Å². The van der Waals surface area contributed by atoms with Crippen LogP contribution in [0.3, 0.4) is 0 Å². The predicted octanol–water partition coefficient (Wildman–Crippen LogP) is 6.65. The Morgan fingerprint density at radius 2 is 2.08 bits per heavy atom. The van der Waals surface area contributed by atoms with Gasteiger partial charge < -0.3 is 14.6 Å². The summed E-state index contributed by atoms with van der Waals surface area (Å²) >= 11 is 12.9. The average Bonchev–Trinajstić information content (AvgIpc) is 3.31. The van der Waals surface area contributed by atoms with Gasteiger partial charge in [0.1, 0.15) is 0 Å². The highest BCUT2D eigenvalue weighted by atomic mass is 35.5. The monoisotopic (exact) mass is 551 g/mol. The fourth-order valence-corrected chi connectivity index (χ4v) is 6.08. The first kappa shape index (κ1) is 30.2. The SMILES string of the molecule is CCOC(=O)CCc1c(Cl)cccc1[C@@H](CC)OC[C@H](O)CN1CCC[C@H]1CC1=CC(CC)C(Cl)C=C1. The van der Waals surface area contributed by atoms with Gasteiger partial charge in [0.15, 0.2) is 0 Å². The van der Waals surface area contributed by atoms with Crippen LogP contribution in [-0.2, 0) is 20.7 Å². The van der Waals surface area contributed by atoms with E-state index in [1.54, 1.807) is 6.92 Å². The van der Waals surface area contributed by atoms with Crippen molar-refractivity contribution in [1.29, 1.82) is 0 Å². The van der Waals surface area contributed by atoms with Crippen LogP contribution in [0.15, 0.2) is 42.0 Å². The van der Waals surface area contributed by atoms with E-state index in [1.807, 2.05) is 18.2 Å². The molecule has 3 rings (SSSR count). The quantitative estimate of drug-likeness (QED) is 0.207. The number of likely N-dealkylation sites (tertiary alicyclic amines) is 1. The lowest BCUT2D eigenvalue weighted by Crippen LogP contribution is -2.38. The van der Waals surface area contributed by atoms with Crippen molar-refractivity contribution in [2.24, 2.45) is 5.92 Å². The molecule has 1 aliphatic carbocycles. The van der Waals surface area contributed by atoms with E-state index in [2.05, 4.69) is 37.0 Å². The molecule has 1 saturated heterocycles. The number of carbonyl (C=O) groups is 1. The van der Waals surface area contributed by atoms with Crippen LogP contribution in [-0.4, -0.2) is 59.8 Å². The van der Waals surface area contributed by atoms with Gasteiger partial charge in [0.2, 0.25) is 0 Å². The van der Waals surface area contributed by atoms with Crippen molar-refractivity contribution in [3.63, 3.8) is 0 Å². The summed E-state index contributed by atoms with van der Waals surface area (Å²) in [5.41, 5.74) is 3.25. The van der Waals surface area contributed by atoms with Gasteiger partial charge in [-0.05, 0) is 75.1 Å². The highest BCUT2D eigenvalue weighted by Gasteiger charge is 2.28. The second-order valence-corrected chi connectivity index (χ2v) is 11.0. The molecule has 0 amide bonds. The third-order valence-corrected chi connectivity index (χ3v) is 8.29. The van der Waals surface area contributed by atoms with Gasteiger partial charge in [-0.25, -0.2) is 0 Å². The van der Waals surface area contributed by atoms with Crippen LogP contribution in [0, 0.1) is 5.92 Å². The van der Waals surface area contributed by atoms with Gasteiger partial charge in [-0.1, -0.05) is 61.4 Å². The van der Waals surface area contributed by atoms with Crippen molar-refractivity contribution in [1.82, 2.24) is 4.90 Å². The maximum atomic E-state index is 11.9. The number of allylic oxidation sites excluding steroid dienone is 3. The number of nitrogens with zero attached hydrogens (tertiary/aromatic N) is 1. The second-order valence-electron chi connectivity index (χ2n) is 10.1. The van der Waals surface area contributed by atoms with Crippen molar-refractivity contribution in [2.45, 2.75) is 89.3 Å². The topological polar surface area (TPSA) is 59.0 Å². The lowest BCUT2D eigenvalue weighted by Gasteiger charge is -2.29. The minimum atomic E-state index is -0.580. The van der Waals surface area contributed by atoms with Crippen molar-refractivity contribution in [3.05, 3.63) is 58.1 Å². The Bertz CT molecular complexity index is 934. The van der Waals surface area contributed by atoms with E-state index < -0.39 is 6.10 Å². The number of rotatable bonds is 14. The fraction of sp³-hybridized carbons (Fsp3) is 0.633. The molecule has 0 bridgehead atoms. The van der Waals surface area contributed by atoms with Gasteiger partial charge in [-0.3, -0.25) is 9.69 Å². The van der Waals surface area contributed by atoms with Crippen LogP contribution in [0.5, 0.6) is 0 Å². The molecule has 1 aromatic rings. The molecule has 5 nitrogen and oxygen atoms in total. The molecule has 2 unspecified atom stereocenters. The predicted molar refractivity (Wildman–Crippen MR) is 151 cm³/mol. The Morgan fingerprint density at radius 3 is 2.81 bits per heavy atom. The molecule has 0 aromatic heterocycles. The Morgan fingerprint density at radius 1 is 1.27 bits per heavy atom. The maximum Gasteiger partial charge on any atom is 0.306 e. The summed E-state index contributed by atoms with van der Waals surface area (Å²) in [5, 5.41) is 11.6. The van der Waals surface area contributed by atoms with Crippen molar-refractivity contribution in [2.75, 3.05) is 26.3 Å². The molecular weight excluding hydrogens is 509 g/mol. The molecule has 1 aromatic carbocycles. The van der Waals surface area contributed by atoms with Gasteiger partial charge in [0.05, 0.1) is 30.8 Å². The number of halogens is 2. The maximum absolute atomic E-state index is 11.9. The van der Waals surface area contributed by atoms with Gasteiger partial charge in [0, 0.05) is 24.0 Å². The van der Waals surface area contributed by atoms with Gasteiger partial charge in [-0.2, -0.15) is 0 Å². The van der Waals surface area contributed by atoms with Crippen LogP contribution in [0.4, 0.5) is 0 Å². The van der Waals surface area contributed by atoms with Crippen LogP contribution in [0.2, 0.25) is 5.02 Å². The van der Waals surface area contributed by atoms with Crippen LogP contribution in [0.25, 0.3) is 0 Å². The minimum Gasteiger partial charge on any atom is -0.466 e. The third-order valence-electron chi connectivity index (χ3n) is 7.47. The number of ether oxygens (including phenoxy) is 2. The summed E-state index contributed by atoms with van der Waals surface area (Å²) in [6, 6.07) is 6.18. The minimum absolute atomic E-state index is 0.0871. The number of carbonyl (C=O) groups excluding carboxylic acids is 1. The number of β-amino-alcohol motifs (C(OH)–C–C–N with tert-alkyl or cyclic N) is 1. The average molecular weight is 553 g/mol. The summed E-state index contributed by atoms with van der Waals surface area (Å²) < 4.78 is 11.3. The van der Waals surface area contributed by atoms with Gasteiger partial charge in [-0.15, -0.1) is 11.6 Å². The first-order chi connectivity index (χ1) is 17.9. The van der Waals surface area contributed by atoms with Crippen molar-refractivity contribution >= 4 is 29.2 Å². The molecule has 1 fully saturated rings. The molecule has 1 aliphatic heterocycles. The van der Waals surface area contributed by atoms with Crippen LogP contribution < -0.4 is 0 Å². The summed E-state index contributed by atoms with van der Waals surface area (Å²) in [6.07, 6.45) is 11.7. The number of aliphatic hydroxyl groups excluding tert-OH is 1. The lowest BCUT2D eigenvalue weighted by atomic mass is 9.90. The summed E-state index contributed by atoms with van der Waals surface area (Å²) in [4.78, 5) is 14.3. The van der Waals surface area contributed by atoms with Crippen molar-refractivity contribution in [3.8, 4) is 0 Å². The van der Waals surface area contributed by atoms with E-state index in [4.69, 9.17) is 32.7 Å². The van der Waals surface area contributed by atoms with E-state index in [0.29, 0.717) is 36.6 Å². The first-order valence-electron chi connectivity index (χ1n) is 13.9. The molecular formula is C30H43Cl2NO4. The van der Waals surface area contributed by atoms with E-state index in [9.17, 15) is 9.90 Å². The fourth-order valence-electron chi connectivity index (χ4n) is 5.48. The molecule has 0 spiro atoms. The zero-order valence-electron chi connectivity index (χ0n) is 22.5. The number of alkyl halides is 1. The largest absolute Gasteiger partial charge is 0.466 e. The molecule has 1 heterocycles. The van der Waals surface area contributed by atoms with E-state index in [1.165, 1.54) is 5.57 Å². The first-order valence-corrected chi connectivity index (χ1v) is 14.7. The Balaban J connectivity index is 1.56. The second kappa shape index (κ2) is 15.3. The zero-order valence-corrected chi connectivity index (χ0v) is 24.0. The van der Waals surface area contributed by atoms with Crippen molar-refractivity contribution < 1.29 is 19.4 Å². The standard InChI is InChI=1S/C30H43Cl2NO4/c1-4-22-17-21(12-14-27(22)31)18-23-9-8-16-33(23)19-24(34)20-37-29(5-2)26-10-7-11-28(32)25(26)13-15-30(35)36-6-3/h7,10-12,14,17,22-24,27,29,34H,4-6,8-9,13,15-16,18-20H2,1-3H3/t22?,23-,24+,27?,29+/m0/s1. The Kier molecular flexibility index (Phi) is 12.5. The molecule has 2 aliphatic rings. The molecule has 0 radical (unpaired) electrons. The number of hydrogen-bond donors (Lipinski definition) is 1. The van der Waals surface area contributed by atoms with E-state index >= 15 is 0 Å².